The van der Waals surface area contributed by atoms with E-state index in [2.05, 4.69) is 6.07 Å². The summed E-state index contributed by atoms with van der Waals surface area (Å²) in [6, 6.07) is 13.1. The molecule has 1 saturated carbocycles. The van der Waals surface area contributed by atoms with Crippen LogP contribution in [0.1, 0.15) is 17.5 Å². The van der Waals surface area contributed by atoms with Crippen LogP contribution in [0.5, 0.6) is 5.75 Å². The Bertz CT molecular complexity index is 777. The molecule has 0 aliphatic heterocycles. The lowest BCUT2D eigenvalue weighted by molar-refractivity contribution is 0.414. The van der Waals surface area contributed by atoms with Gasteiger partial charge >= 0.3 is 0 Å². The molecule has 20 heavy (non-hydrogen) atoms. The number of rotatable bonds is 1. The zero-order valence-electron chi connectivity index (χ0n) is 11.0. The highest BCUT2D eigenvalue weighted by molar-refractivity contribution is 5.84. The maximum Gasteiger partial charge on any atom is 0.123 e. The van der Waals surface area contributed by atoms with Crippen molar-refractivity contribution < 1.29 is 9.13 Å². The van der Waals surface area contributed by atoms with Crippen molar-refractivity contribution in [3.05, 3.63) is 53.3 Å². The topological polar surface area (TPSA) is 33.0 Å². The van der Waals surface area contributed by atoms with E-state index >= 15 is 0 Å². The summed E-state index contributed by atoms with van der Waals surface area (Å²) in [6.07, 6.45) is 0.764. The van der Waals surface area contributed by atoms with Gasteiger partial charge in [-0.05, 0) is 52.9 Å². The maximum atomic E-state index is 13.6. The van der Waals surface area contributed by atoms with Crippen LogP contribution in [0.4, 0.5) is 4.39 Å². The van der Waals surface area contributed by atoms with Gasteiger partial charge in [0.15, 0.2) is 0 Å². The van der Waals surface area contributed by atoms with Gasteiger partial charge in [-0.2, -0.15) is 5.26 Å². The third-order valence-corrected chi connectivity index (χ3v) is 4.58. The first-order chi connectivity index (χ1) is 9.70. The third-order valence-electron chi connectivity index (χ3n) is 4.58. The zero-order chi connectivity index (χ0) is 13.9. The fourth-order valence-electron chi connectivity index (χ4n) is 3.53. The van der Waals surface area contributed by atoms with Crippen molar-refractivity contribution in [2.75, 3.05) is 7.11 Å². The molecule has 2 nitrogen and oxygen atoms in total. The smallest absolute Gasteiger partial charge is 0.123 e. The molecule has 2 aliphatic carbocycles. The molecule has 2 atom stereocenters. The molecule has 4 rings (SSSR count). The average molecular weight is 265 g/mol. The number of benzene rings is 2. The normalized spacial score (nSPS) is 24.9. The quantitative estimate of drug-likeness (QED) is 0.788. The van der Waals surface area contributed by atoms with Crippen LogP contribution in [-0.2, 0) is 5.41 Å². The van der Waals surface area contributed by atoms with Crippen LogP contribution in [0.2, 0.25) is 0 Å². The molecule has 98 valence electrons. The van der Waals surface area contributed by atoms with Gasteiger partial charge in [0.05, 0.1) is 19.1 Å². The fourth-order valence-corrected chi connectivity index (χ4v) is 3.53. The highest BCUT2D eigenvalue weighted by atomic mass is 19.1. The highest BCUT2D eigenvalue weighted by Crippen LogP contribution is 2.66. The van der Waals surface area contributed by atoms with Crippen LogP contribution in [0, 0.1) is 23.1 Å². The van der Waals surface area contributed by atoms with Gasteiger partial charge in [-0.1, -0.05) is 12.1 Å². The Labute approximate surface area is 116 Å². The lowest BCUT2D eigenvalue weighted by Crippen LogP contribution is -2.08. The van der Waals surface area contributed by atoms with Crippen molar-refractivity contribution in [3.8, 4) is 22.9 Å². The fraction of sp³-hybridized carbons (Fsp3) is 0.235. The summed E-state index contributed by atoms with van der Waals surface area (Å²) in [5.74, 6) is 0.461. The molecule has 3 heteroatoms. The Morgan fingerprint density at radius 3 is 2.55 bits per heavy atom. The van der Waals surface area contributed by atoms with Gasteiger partial charge in [0.25, 0.3) is 0 Å². The second kappa shape index (κ2) is 3.61. The van der Waals surface area contributed by atoms with E-state index in [4.69, 9.17) is 4.74 Å². The lowest BCUT2D eigenvalue weighted by Gasteiger charge is -2.12. The summed E-state index contributed by atoms with van der Waals surface area (Å²) < 4.78 is 18.9. The van der Waals surface area contributed by atoms with Crippen molar-refractivity contribution >= 4 is 0 Å². The van der Waals surface area contributed by atoms with Crippen LogP contribution >= 0.6 is 0 Å². The number of hydrogen-bond acceptors (Lipinski definition) is 2. The summed E-state index contributed by atoms with van der Waals surface area (Å²) in [7, 11) is 1.63. The van der Waals surface area contributed by atoms with E-state index in [1.54, 1.807) is 13.2 Å². The van der Waals surface area contributed by atoms with Crippen molar-refractivity contribution in [3.63, 3.8) is 0 Å². The summed E-state index contributed by atoms with van der Waals surface area (Å²) in [6.45, 7) is 0. The Kier molecular flexibility index (Phi) is 2.07. The van der Waals surface area contributed by atoms with Gasteiger partial charge in [0.1, 0.15) is 11.6 Å². The number of nitrogens with zero attached hydrogens (tertiary/aromatic N) is 1. The summed E-state index contributed by atoms with van der Waals surface area (Å²) in [5.41, 5.74) is 3.87. The molecule has 0 bridgehead atoms. The minimum atomic E-state index is -0.323. The molecule has 0 heterocycles. The van der Waals surface area contributed by atoms with Crippen molar-refractivity contribution in [1.29, 1.82) is 5.26 Å². The van der Waals surface area contributed by atoms with E-state index in [1.807, 2.05) is 24.3 Å². The lowest BCUT2D eigenvalue weighted by atomic mass is 9.91. The van der Waals surface area contributed by atoms with Crippen molar-refractivity contribution in [2.24, 2.45) is 5.92 Å². The van der Waals surface area contributed by atoms with Gasteiger partial charge in [-0.25, -0.2) is 4.39 Å². The molecule has 0 N–H and O–H groups in total. The molecule has 2 aliphatic rings. The molecule has 0 saturated heterocycles. The number of nitriles is 1. The molecule has 2 aromatic rings. The number of halogens is 1. The molecule has 1 spiro atoms. The molecule has 1 fully saturated rings. The van der Waals surface area contributed by atoms with Crippen molar-refractivity contribution in [1.82, 2.24) is 0 Å². The Morgan fingerprint density at radius 1 is 1.20 bits per heavy atom. The van der Waals surface area contributed by atoms with Gasteiger partial charge in [0, 0.05) is 5.41 Å². The largest absolute Gasteiger partial charge is 0.497 e. The minimum Gasteiger partial charge on any atom is -0.497 e. The summed E-state index contributed by atoms with van der Waals surface area (Å²) in [4.78, 5) is 0. The zero-order valence-corrected chi connectivity index (χ0v) is 11.0. The first-order valence-corrected chi connectivity index (χ1v) is 6.59. The summed E-state index contributed by atoms with van der Waals surface area (Å²) >= 11 is 0. The number of methoxy groups -OCH3 is 1. The second-order valence-electron chi connectivity index (χ2n) is 5.46. The number of hydrogen-bond donors (Lipinski definition) is 0. The van der Waals surface area contributed by atoms with E-state index < -0.39 is 0 Å². The molecule has 2 unspecified atom stereocenters. The molecule has 0 aromatic heterocycles. The standard InChI is InChI=1S/C17H12FNO/c1-20-12-3-5-14-13-4-2-11(18)6-15(13)17(16(14)7-12)8-10(17)9-19/h2-7,10H,8H2,1H3. The van der Waals surface area contributed by atoms with Crippen molar-refractivity contribution in [2.45, 2.75) is 11.8 Å². The predicted molar refractivity (Wildman–Crippen MR) is 72.9 cm³/mol. The highest BCUT2D eigenvalue weighted by Gasteiger charge is 2.61. The minimum absolute atomic E-state index is 0.0728. The molecule has 0 radical (unpaired) electrons. The second-order valence-corrected chi connectivity index (χ2v) is 5.46. The maximum absolute atomic E-state index is 13.6. The van der Waals surface area contributed by atoms with E-state index in [0.29, 0.717) is 0 Å². The SMILES string of the molecule is COc1ccc2c(c1)C1(CC1C#N)c1cc(F)ccc1-2. The Balaban J connectivity index is 2.03. The Morgan fingerprint density at radius 2 is 1.90 bits per heavy atom. The first kappa shape index (κ1) is 11.5. The van der Waals surface area contributed by atoms with E-state index in [0.717, 1.165) is 34.4 Å². The van der Waals surface area contributed by atoms with Crippen LogP contribution < -0.4 is 4.74 Å². The van der Waals surface area contributed by atoms with Gasteiger partial charge in [-0.15, -0.1) is 0 Å². The number of fused-ring (bicyclic) bond motifs is 5. The monoisotopic (exact) mass is 265 g/mol. The average Bonchev–Trinajstić information content (AvgIpc) is 3.16. The van der Waals surface area contributed by atoms with Gasteiger partial charge < -0.3 is 4.74 Å². The molecular formula is C17H12FNO. The molecule has 0 amide bonds. The molecular weight excluding hydrogens is 253 g/mol. The van der Waals surface area contributed by atoms with Crippen LogP contribution in [0.25, 0.3) is 11.1 Å². The van der Waals surface area contributed by atoms with Gasteiger partial charge in [-0.3, -0.25) is 0 Å². The molecule has 2 aromatic carbocycles. The summed E-state index contributed by atoms with van der Waals surface area (Å²) in [5, 5.41) is 9.30. The van der Waals surface area contributed by atoms with Gasteiger partial charge in [0.2, 0.25) is 0 Å². The van der Waals surface area contributed by atoms with E-state index in [1.165, 1.54) is 6.07 Å². The van der Waals surface area contributed by atoms with Crippen LogP contribution in [0.3, 0.4) is 0 Å². The first-order valence-electron chi connectivity index (χ1n) is 6.59. The number of ether oxygens (including phenoxy) is 1. The Hall–Kier alpha value is -2.34. The van der Waals surface area contributed by atoms with E-state index in [9.17, 15) is 9.65 Å². The van der Waals surface area contributed by atoms with Crippen LogP contribution in [-0.4, -0.2) is 7.11 Å². The van der Waals surface area contributed by atoms with E-state index in [-0.39, 0.29) is 17.2 Å². The van der Waals surface area contributed by atoms with Crippen LogP contribution in [0.15, 0.2) is 36.4 Å². The third kappa shape index (κ3) is 1.21. The predicted octanol–water partition coefficient (Wildman–Crippen LogP) is 3.64.